The van der Waals surface area contributed by atoms with Gasteiger partial charge >= 0.3 is 0 Å². The lowest BCUT2D eigenvalue weighted by molar-refractivity contribution is -0.113. The Kier molecular flexibility index (Phi) is 5.11. The highest BCUT2D eigenvalue weighted by Crippen LogP contribution is 2.33. The topological polar surface area (TPSA) is 42.0 Å². The summed E-state index contributed by atoms with van der Waals surface area (Å²) in [6.45, 7) is 2.03. The second-order valence-electron chi connectivity index (χ2n) is 4.90. The van der Waals surface area contributed by atoms with Crippen LogP contribution in [-0.4, -0.2) is 16.6 Å². The van der Waals surface area contributed by atoms with E-state index in [4.69, 9.17) is 23.2 Å². The first kappa shape index (κ1) is 16.6. The van der Waals surface area contributed by atoms with Crippen LogP contribution in [0, 0.1) is 6.92 Å². The maximum absolute atomic E-state index is 12.1. The largest absolute Gasteiger partial charge is 0.301 e. The van der Waals surface area contributed by atoms with Gasteiger partial charge in [0.1, 0.15) is 5.52 Å². The summed E-state index contributed by atoms with van der Waals surface area (Å²) >= 11 is 14.9. The number of aromatic nitrogens is 1. The van der Waals surface area contributed by atoms with Crippen LogP contribution in [0.4, 0.5) is 5.13 Å². The highest BCUT2D eigenvalue weighted by molar-refractivity contribution is 8.00. The number of amides is 1. The molecule has 1 aromatic heterocycles. The fourth-order valence-electron chi connectivity index (χ4n) is 1.95. The molecule has 0 aliphatic carbocycles. The van der Waals surface area contributed by atoms with Gasteiger partial charge in [-0.05, 0) is 31.2 Å². The molecule has 0 aliphatic rings. The molecule has 0 spiro atoms. The lowest BCUT2D eigenvalue weighted by Gasteiger charge is -2.02. The van der Waals surface area contributed by atoms with Gasteiger partial charge in [0.25, 0.3) is 0 Å². The standard InChI is InChI=1S/C16H12Cl2N2OS2/c1-9-2-4-11(5-3-9)22-8-14(21)19-16-20-15-12(18)6-10(17)7-13(15)23-16/h2-7H,8H2,1H3,(H,19,20,21). The van der Waals surface area contributed by atoms with E-state index in [-0.39, 0.29) is 5.91 Å². The predicted octanol–water partition coefficient (Wildman–Crippen LogP) is 5.64. The van der Waals surface area contributed by atoms with Crippen LogP contribution in [0.1, 0.15) is 5.56 Å². The lowest BCUT2D eigenvalue weighted by Crippen LogP contribution is -2.13. The molecular formula is C16H12Cl2N2OS2. The zero-order valence-electron chi connectivity index (χ0n) is 12.1. The number of thioether (sulfide) groups is 1. The third-order valence-corrected chi connectivity index (χ3v) is 5.49. The van der Waals surface area contributed by atoms with Crippen molar-refractivity contribution in [3.63, 3.8) is 0 Å². The average Bonchev–Trinajstić information content (AvgIpc) is 2.89. The Morgan fingerprint density at radius 3 is 2.74 bits per heavy atom. The van der Waals surface area contributed by atoms with Crippen molar-refractivity contribution < 1.29 is 4.79 Å². The Bertz CT molecular complexity index is 862. The number of carbonyl (C=O) groups is 1. The molecule has 1 N–H and O–H groups in total. The van der Waals surface area contributed by atoms with Crippen LogP contribution in [-0.2, 0) is 4.79 Å². The van der Waals surface area contributed by atoms with Gasteiger partial charge in [0, 0.05) is 9.92 Å². The molecule has 3 aromatic rings. The van der Waals surface area contributed by atoms with Crippen LogP contribution in [0.2, 0.25) is 10.0 Å². The summed E-state index contributed by atoms with van der Waals surface area (Å²) < 4.78 is 0.851. The molecule has 0 atom stereocenters. The van der Waals surface area contributed by atoms with Gasteiger partial charge in [-0.15, -0.1) is 11.8 Å². The number of fused-ring (bicyclic) bond motifs is 1. The molecule has 0 aliphatic heterocycles. The molecule has 1 heterocycles. The Balaban J connectivity index is 1.65. The smallest absolute Gasteiger partial charge is 0.236 e. The van der Waals surface area contributed by atoms with Crippen molar-refractivity contribution in [1.82, 2.24) is 4.98 Å². The molecule has 0 unspecified atom stereocenters. The van der Waals surface area contributed by atoms with Crippen molar-refractivity contribution >= 4 is 67.6 Å². The minimum absolute atomic E-state index is 0.100. The number of hydrogen-bond acceptors (Lipinski definition) is 4. The summed E-state index contributed by atoms with van der Waals surface area (Å²) in [6.07, 6.45) is 0. The zero-order valence-corrected chi connectivity index (χ0v) is 15.2. The monoisotopic (exact) mass is 382 g/mol. The van der Waals surface area contributed by atoms with E-state index in [2.05, 4.69) is 10.3 Å². The van der Waals surface area contributed by atoms with Gasteiger partial charge in [0.15, 0.2) is 5.13 Å². The predicted molar refractivity (Wildman–Crippen MR) is 100 cm³/mol. The molecular weight excluding hydrogens is 371 g/mol. The number of rotatable bonds is 4. The molecule has 118 valence electrons. The summed E-state index contributed by atoms with van der Waals surface area (Å²) in [5.74, 6) is 0.227. The van der Waals surface area contributed by atoms with Crippen molar-refractivity contribution in [3.8, 4) is 0 Å². The summed E-state index contributed by atoms with van der Waals surface area (Å²) in [5.41, 5.74) is 1.85. The third-order valence-electron chi connectivity index (χ3n) is 3.05. The van der Waals surface area contributed by atoms with Crippen LogP contribution in [0.3, 0.4) is 0 Å². The van der Waals surface area contributed by atoms with Crippen LogP contribution in [0.25, 0.3) is 10.2 Å². The summed E-state index contributed by atoms with van der Waals surface area (Å²) in [4.78, 5) is 17.5. The fraction of sp³-hybridized carbons (Fsp3) is 0.125. The van der Waals surface area contributed by atoms with Gasteiger partial charge in [-0.2, -0.15) is 0 Å². The highest BCUT2D eigenvalue weighted by Gasteiger charge is 2.11. The van der Waals surface area contributed by atoms with Crippen LogP contribution in [0.5, 0.6) is 0 Å². The molecule has 3 rings (SSSR count). The quantitative estimate of drug-likeness (QED) is 0.593. The molecule has 2 aromatic carbocycles. The number of benzene rings is 2. The third kappa shape index (κ3) is 4.18. The van der Waals surface area contributed by atoms with E-state index < -0.39 is 0 Å². The highest BCUT2D eigenvalue weighted by atomic mass is 35.5. The molecule has 1 amide bonds. The van der Waals surface area contributed by atoms with Gasteiger partial charge < -0.3 is 5.32 Å². The van der Waals surface area contributed by atoms with Crippen LogP contribution >= 0.6 is 46.3 Å². The number of nitrogens with one attached hydrogen (secondary N) is 1. The van der Waals surface area contributed by atoms with Crippen molar-refractivity contribution in [1.29, 1.82) is 0 Å². The van der Waals surface area contributed by atoms with Crippen molar-refractivity contribution in [3.05, 3.63) is 52.0 Å². The summed E-state index contributed by atoms with van der Waals surface area (Å²) in [5, 5.41) is 4.37. The first-order chi connectivity index (χ1) is 11.0. The Hall–Kier alpha value is -1.27. The number of aryl methyl sites for hydroxylation is 1. The fourth-order valence-corrected chi connectivity index (χ4v) is 4.25. The summed E-state index contributed by atoms with van der Waals surface area (Å²) in [7, 11) is 0. The zero-order chi connectivity index (χ0) is 16.4. The molecule has 0 fully saturated rings. The van der Waals surface area contributed by atoms with Crippen molar-refractivity contribution in [2.75, 3.05) is 11.1 Å². The second-order valence-corrected chi connectivity index (χ2v) is 7.83. The van der Waals surface area contributed by atoms with E-state index in [1.165, 1.54) is 28.7 Å². The van der Waals surface area contributed by atoms with Gasteiger partial charge in [-0.25, -0.2) is 4.98 Å². The minimum Gasteiger partial charge on any atom is -0.301 e. The van der Waals surface area contributed by atoms with Gasteiger partial charge in [0.2, 0.25) is 5.91 Å². The van der Waals surface area contributed by atoms with E-state index in [0.29, 0.717) is 26.4 Å². The van der Waals surface area contributed by atoms with E-state index in [9.17, 15) is 4.79 Å². The van der Waals surface area contributed by atoms with Gasteiger partial charge in [-0.1, -0.05) is 52.2 Å². The molecule has 0 saturated heterocycles. The molecule has 3 nitrogen and oxygen atoms in total. The number of hydrogen-bond donors (Lipinski definition) is 1. The SMILES string of the molecule is Cc1ccc(SCC(=O)Nc2nc3c(Cl)cc(Cl)cc3s2)cc1. The van der Waals surface area contributed by atoms with Crippen LogP contribution in [0.15, 0.2) is 41.3 Å². The van der Waals surface area contributed by atoms with Crippen molar-refractivity contribution in [2.45, 2.75) is 11.8 Å². The minimum atomic E-state index is -0.100. The second kappa shape index (κ2) is 7.09. The Labute approximate surface area is 152 Å². The summed E-state index contributed by atoms with van der Waals surface area (Å²) in [6, 6.07) is 11.5. The van der Waals surface area contributed by atoms with Gasteiger partial charge in [0.05, 0.1) is 15.5 Å². The number of nitrogens with zero attached hydrogens (tertiary/aromatic N) is 1. The molecule has 7 heteroatoms. The molecule has 0 radical (unpaired) electrons. The van der Waals surface area contributed by atoms with E-state index in [1.54, 1.807) is 12.1 Å². The van der Waals surface area contributed by atoms with Crippen LogP contribution < -0.4 is 5.32 Å². The maximum Gasteiger partial charge on any atom is 0.236 e. The number of halogens is 2. The number of anilines is 1. The molecule has 0 saturated carbocycles. The Morgan fingerprint density at radius 2 is 2.00 bits per heavy atom. The first-order valence-corrected chi connectivity index (χ1v) is 9.32. The number of carbonyl (C=O) groups excluding carboxylic acids is 1. The Morgan fingerprint density at radius 1 is 1.26 bits per heavy atom. The number of thiazole rings is 1. The molecule has 0 bridgehead atoms. The van der Waals surface area contributed by atoms with E-state index in [1.807, 2.05) is 31.2 Å². The van der Waals surface area contributed by atoms with E-state index in [0.717, 1.165) is 9.60 Å². The maximum atomic E-state index is 12.1. The average molecular weight is 383 g/mol. The van der Waals surface area contributed by atoms with E-state index >= 15 is 0 Å². The van der Waals surface area contributed by atoms with Crippen molar-refractivity contribution in [2.24, 2.45) is 0 Å². The van der Waals surface area contributed by atoms with Gasteiger partial charge in [-0.3, -0.25) is 4.79 Å². The normalized spacial score (nSPS) is 10.9. The lowest BCUT2D eigenvalue weighted by atomic mass is 10.2. The molecule has 23 heavy (non-hydrogen) atoms. The first-order valence-electron chi connectivity index (χ1n) is 6.76.